The number of para-hydroxylation sites is 3. The van der Waals surface area contributed by atoms with Crippen LogP contribution in [0.25, 0.3) is 100 Å². The van der Waals surface area contributed by atoms with Gasteiger partial charge in [0.1, 0.15) is 6.07 Å². The van der Waals surface area contributed by atoms with Crippen LogP contribution in [0.4, 0.5) is 0 Å². The molecule has 0 fully saturated rings. The average Bonchev–Trinajstić information content (AvgIpc) is 3.82. The lowest BCUT2D eigenvalue weighted by Gasteiger charge is -2.13. The summed E-state index contributed by atoms with van der Waals surface area (Å²) in [6.07, 6.45) is 0. The van der Waals surface area contributed by atoms with Gasteiger partial charge in [-0.2, -0.15) is 5.26 Å². The van der Waals surface area contributed by atoms with Crippen molar-refractivity contribution in [2.45, 2.75) is 0 Å². The summed E-state index contributed by atoms with van der Waals surface area (Å²) in [6.45, 7) is 0. The Morgan fingerprint density at radius 1 is 0.362 bits per heavy atom. The highest BCUT2D eigenvalue weighted by molar-refractivity contribution is 6.12. The van der Waals surface area contributed by atoms with Crippen molar-refractivity contribution >= 4 is 43.6 Å². The number of fused-ring (bicyclic) bond motifs is 6. The van der Waals surface area contributed by atoms with Gasteiger partial charge in [-0.25, -0.2) is 9.97 Å². The quantitative estimate of drug-likeness (QED) is 0.171. The fourth-order valence-electron chi connectivity index (χ4n) is 8.46. The van der Waals surface area contributed by atoms with Gasteiger partial charge in [-0.1, -0.05) is 146 Å². The Morgan fingerprint density at radius 3 is 1.47 bits per heavy atom. The van der Waals surface area contributed by atoms with Crippen LogP contribution >= 0.6 is 0 Å². The predicted molar refractivity (Wildman–Crippen MR) is 237 cm³/mol. The smallest absolute Gasteiger partial charge is 0.160 e. The first-order valence-corrected chi connectivity index (χ1v) is 19.4. The van der Waals surface area contributed by atoms with Crippen molar-refractivity contribution in [2.75, 3.05) is 0 Å². The number of aromatic nitrogens is 4. The lowest BCUT2D eigenvalue weighted by atomic mass is 9.99. The van der Waals surface area contributed by atoms with Crippen molar-refractivity contribution in [1.82, 2.24) is 19.1 Å². The standard InChI is InChI=1S/C53H33N5/c54-34-40-31-39(35-23-25-37(26-24-35)47-33-46(36-13-3-1-4-14-36)55-53(56-47)38-15-5-2-6-16-38)27-29-48(40)58-51-22-12-9-19-44(51)45-32-41(28-30-52(45)58)57-49-20-10-7-17-42(49)43-18-8-11-21-50(43)57/h1-33H. The van der Waals surface area contributed by atoms with Crippen LogP contribution in [0.15, 0.2) is 200 Å². The first-order valence-electron chi connectivity index (χ1n) is 19.4. The SMILES string of the molecule is N#Cc1cc(-c2ccc(-c3cc(-c4ccccc4)nc(-c4ccccc4)n3)cc2)ccc1-n1c2ccccc2c2cc(-n3c4ccccc4c4ccccc43)ccc21. The van der Waals surface area contributed by atoms with Gasteiger partial charge in [-0.05, 0) is 65.7 Å². The van der Waals surface area contributed by atoms with Crippen LogP contribution in [0.1, 0.15) is 5.56 Å². The van der Waals surface area contributed by atoms with Crippen LogP contribution in [-0.4, -0.2) is 19.1 Å². The highest BCUT2D eigenvalue weighted by Gasteiger charge is 2.18. The number of rotatable bonds is 6. The second-order valence-electron chi connectivity index (χ2n) is 14.5. The van der Waals surface area contributed by atoms with Gasteiger partial charge in [-0.15, -0.1) is 0 Å². The summed E-state index contributed by atoms with van der Waals surface area (Å²) >= 11 is 0. The van der Waals surface area contributed by atoms with E-state index in [9.17, 15) is 5.26 Å². The van der Waals surface area contributed by atoms with Crippen molar-refractivity contribution in [2.24, 2.45) is 0 Å². The first kappa shape index (κ1) is 33.3. The summed E-state index contributed by atoms with van der Waals surface area (Å²) in [4.78, 5) is 9.95. The molecule has 58 heavy (non-hydrogen) atoms. The Bertz CT molecular complexity index is 3280. The fraction of sp³-hybridized carbons (Fsp3) is 0. The van der Waals surface area contributed by atoms with E-state index in [2.05, 4.69) is 161 Å². The Labute approximate surface area is 335 Å². The molecule has 0 amide bonds. The van der Waals surface area contributed by atoms with Crippen molar-refractivity contribution in [3.63, 3.8) is 0 Å². The minimum atomic E-state index is 0.603. The topological polar surface area (TPSA) is 59.4 Å². The Hall–Kier alpha value is -8.07. The van der Waals surface area contributed by atoms with Gasteiger partial charge >= 0.3 is 0 Å². The Morgan fingerprint density at radius 2 is 0.845 bits per heavy atom. The summed E-state index contributed by atoms with van der Waals surface area (Å²) in [7, 11) is 0. The maximum Gasteiger partial charge on any atom is 0.160 e. The van der Waals surface area contributed by atoms with Crippen LogP contribution in [0.2, 0.25) is 0 Å². The van der Waals surface area contributed by atoms with Crippen LogP contribution in [-0.2, 0) is 0 Å². The fourth-order valence-corrected chi connectivity index (χ4v) is 8.46. The van der Waals surface area contributed by atoms with Gasteiger partial charge in [0.25, 0.3) is 0 Å². The van der Waals surface area contributed by atoms with Gasteiger partial charge in [-0.3, -0.25) is 0 Å². The highest BCUT2D eigenvalue weighted by Crippen LogP contribution is 2.38. The number of nitriles is 1. The number of hydrogen-bond acceptors (Lipinski definition) is 3. The van der Waals surface area contributed by atoms with Crippen LogP contribution < -0.4 is 0 Å². The summed E-state index contributed by atoms with van der Waals surface area (Å²) in [5.74, 6) is 0.684. The highest BCUT2D eigenvalue weighted by atomic mass is 15.0. The molecule has 0 spiro atoms. The summed E-state index contributed by atoms with van der Waals surface area (Å²) in [5, 5.41) is 15.4. The second-order valence-corrected chi connectivity index (χ2v) is 14.5. The van der Waals surface area contributed by atoms with Crippen molar-refractivity contribution in [3.05, 3.63) is 206 Å². The zero-order valence-corrected chi connectivity index (χ0v) is 31.3. The van der Waals surface area contributed by atoms with E-state index in [1.807, 2.05) is 54.6 Å². The molecule has 3 heterocycles. The van der Waals surface area contributed by atoms with Crippen molar-refractivity contribution in [1.29, 1.82) is 5.26 Å². The maximum absolute atomic E-state index is 10.7. The first-order chi connectivity index (χ1) is 28.7. The van der Waals surface area contributed by atoms with Crippen molar-refractivity contribution < 1.29 is 0 Å². The molecule has 8 aromatic carbocycles. The van der Waals surface area contributed by atoms with Gasteiger partial charge in [0, 0.05) is 43.9 Å². The molecule has 0 aliphatic heterocycles. The molecule has 0 aliphatic rings. The van der Waals surface area contributed by atoms with Crippen LogP contribution in [0.3, 0.4) is 0 Å². The van der Waals surface area contributed by atoms with E-state index in [-0.39, 0.29) is 0 Å². The molecule has 0 bridgehead atoms. The average molecular weight is 740 g/mol. The van der Waals surface area contributed by atoms with Crippen LogP contribution in [0, 0.1) is 11.3 Å². The number of nitrogens with zero attached hydrogens (tertiary/aromatic N) is 5. The lowest BCUT2D eigenvalue weighted by molar-refractivity contribution is 1.16. The molecule has 5 heteroatoms. The largest absolute Gasteiger partial charge is 0.309 e. The molecular weight excluding hydrogens is 707 g/mol. The second kappa shape index (κ2) is 13.6. The van der Waals surface area contributed by atoms with E-state index < -0.39 is 0 Å². The summed E-state index contributed by atoms with van der Waals surface area (Å²) in [6, 6.07) is 71.8. The molecule has 0 aliphatic carbocycles. The van der Waals surface area contributed by atoms with Gasteiger partial charge in [0.05, 0.1) is 44.7 Å². The summed E-state index contributed by atoms with van der Waals surface area (Å²) in [5.41, 5.74) is 13.7. The Kier molecular flexibility index (Phi) is 7.80. The normalized spacial score (nSPS) is 11.4. The van der Waals surface area contributed by atoms with Gasteiger partial charge in [0.2, 0.25) is 0 Å². The Balaban J connectivity index is 0.986. The molecule has 11 rings (SSSR count). The number of benzene rings is 8. The summed E-state index contributed by atoms with van der Waals surface area (Å²) < 4.78 is 4.58. The molecule has 11 aromatic rings. The minimum Gasteiger partial charge on any atom is -0.309 e. The van der Waals surface area contributed by atoms with E-state index in [0.717, 1.165) is 72.4 Å². The monoisotopic (exact) mass is 739 g/mol. The van der Waals surface area contributed by atoms with Gasteiger partial charge < -0.3 is 9.13 Å². The predicted octanol–water partition coefficient (Wildman–Crippen LogP) is 13.2. The van der Waals surface area contributed by atoms with Crippen LogP contribution in [0.5, 0.6) is 0 Å². The molecule has 270 valence electrons. The van der Waals surface area contributed by atoms with Gasteiger partial charge in [0.15, 0.2) is 5.82 Å². The van der Waals surface area contributed by atoms with E-state index in [1.165, 1.54) is 21.8 Å². The third-order valence-corrected chi connectivity index (χ3v) is 11.2. The lowest BCUT2D eigenvalue weighted by Crippen LogP contribution is -1.99. The molecule has 0 saturated carbocycles. The molecule has 5 nitrogen and oxygen atoms in total. The molecule has 3 aromatic heterocycles. The van der Waals surface area contributed by atoms with E-state index in [1.54, 1.807) is 0 Å². The molecule has 0 unspecified atom stereocenters. The third-order valence-electron chi connectivity index (χ3n) is 11.2. The molecule has 0 atom stereocenters. The molecule has 0 N–H and O–H groups in total. The molecule has 0 saturated heterocycles. The third kappa shape index (κ3) is 5.47. The van der Waals surface area contributed by atoms with E-state index in [0.29, 0.717) is 11.4 Å². The molecular formula is C53H33N5. The zero-order valence-electron chi connectivity index (χ0n) is 31.3. The van der Waals surface area contributed by atoms with E-state index >= 15 is 0 Å². The van der Waals surface area contributed by atoms with E-state index in [4.69, 9.17) is 9.97 Å². The maximum atomic E-state index is 10.7. The number of hydrogen-bond donors (Lipinski definition) is 0. The van der Waals surface area contributed by atoms with Crippen molar-refractivity contribution in [3.8, 4) is 62.5 Å². The minimum absolute atomic E-state index is 0.603. The molecule has 0 radical (unpaired) electrons. The zero-order chi connectivity index (χ0) is 38.6.